The van der Waals surface area contributed by atoms with Gasteiger partial charge in [-0.2, -0.15) is 0 Å². The Hall–Kier alpha value is -2.03. The summed E-state index contributed by atoms with van der Waals surface area (Å²) in [5, 5.41) is 3.43. The summed E-state index contributed by atoms with van der Waals surface area (Å²) in [5.41, 5.74) is 2.44. The highest BCUT2D eigenvalue weighted by molar-refractivity contribution is 5.62. The minimum atomic E-state index is 0.00596. The standard InChI is InChI=1S/C18H25N3/c1-6-21(15-10-7-9-14(2)13-15)17-12-8-11-16(19-17)20-18(3,4)5/h7-13H,6H2,1-5H3,(H,19,20). The van der Waals surface area contributed by atoms with Crippen molar-refractivity contribution in [3.63, 3.8) is 0 Å². The molecule has 0 unspecified atom stereocenters. The number of nitrogens with one attached hydrogen (secondary N) is 1. The van der Waals surface area contributed by atoms with E-state index in [9.17, 15) is 0 Å². The molecule has 112 valence electrons. The lowest BCUT2D eigenvalue weighted by atomic mass is 10.1. The van der Waals surface area contributed by atoms with Crippen LogP contribution in [0, 0.1) is 6.92 Å². The third kappa shape index (κ3) is 4.22. The fourth-order valence-corrected chi connectivity index (χ4v) is 2.30. The van der Waals surface area contributed by atoms with Gasteiger partial charge in [-0.1, -0.05) is 18.2 Å². The van der Waals surface area contributed by atoms with Crippen LogP contribution in [0.15, 0.2) is 42.5 Å². The van der Waals surface area contributed by atoms with Crippen LogP contribution >= 0.6 is 0 Å². The van der Waals surface area contributed by atoms with E-state index in [1.54, 1.807) is 0 Å². The smallest absolute Gasteiger partial charge is 0.135 e. The highest BCUT2D eigenvalue weighted by atomic mass is 15.2. The molecule has 2 rings (SSSR count). The van der Waals surface area contributed by atoms with E-state index in [1.165, 1.54) is 11.3 Å². The molecular weight excluding hydrogens is 258 g/mol. The highest BCUT2D eigenvalue weighted by Crippen LogP contribution is 2.25. The van der Waals surface area contributed by atoms with E-state index in [2.05, 4.69) is 81.2 Å². The Labute approximate surface area is 128 Å². The van der Waals surface area contributed by atoms with E-state index in [4.69, 9.17) is 4.98 Å². The summed E-state index contributed by atoms with van der Waals surface area (Å²) >= 11 is 0. The highest BCUT2D eigenvalue weighted by Gasteiger charge is 2.13. The van der Waals surface area contributed by atoms with Gasteiger partial charge in [0.05, 0.1) is 0 Å². The average molecular weight is 283 g/mol. The largest absolute Gasteiger partial charge is 0.365 e. The zero-order chi connectivity index (χ0) is 15.5. The van der Waals surface area contributed by atoms with Gasteiger partial charge in [0.2, 0.25) is 0 Å². The summed E-state index contributed by atoms with van der Waals surface area (Å²) in [5.74, 6) is 1.88. The Morgan fingerprint density at radius 3 is 2.43 bits per heavy atom. The zero-order valence-corrected chi connectivity index (χ0v) is 13.6. The maximum Gasteiger partial charge on any atom is 0.135 e. The molecule has 21 heavy (non-hydrogen) atoms. The van der Waals surface area contributed by atoms with Gasteiger partial charge in [-0.05, 0) is 64.4 Å². The molecule has 1 aromatic heterocycles. The fourth-order valence-electron chi connectivity index (χ4n) is 2.30. The molecule has 0 aliphatic rings. The molecular formula is C18H25N3. The molecule has 0 atom stereocenters. The molecule has 2 aromatic rings. The van der Waals surface area contributed by atoms with Gasteiger partial charge in [0, 0.05) is 17.8 Å². The van der Waals surface area contributed by atoms with Crippen LogP contribution in [0.4, 0.5) is 17.3 Å². The summed E-state index contributed by atoms with van der Waals surface area (Å²) in [6, 6.07) is 14.6. The van der Waals surface area contributed by atoms with Gasteiger partial charge in [-0.3, -0.25) is 0 Å². The van der Waals surface area contributed by atoms with Crippen molar-refractivity contribution in [3.8, 4) is 0 Å². The number of nitrogens with zero attached hydrogens (tertiary/aromatic N) is 2. The van der Waals surface area contributed by atoms with Crippen molar-refractivity contribution in [2.45, 2.75) is 40.2 Å². The summed E-state index contributed by atoms with van der Waals surface area (Å²) in [7, 11) is 0. The first kappa shape index (κ1) is 15.4. The molecule has 0 saturated heterocycles. The Morgan fingerprint density at radius 1 is 1.10 bits per heavy atom. The van der Waals surface area contributed by atoms with Crippen LogP contribution < -0.4 is 10.2 Å². The van der Waals surface area contributed by atoms with Crippen molar-refractivity contribution in [3.05, 3.63) is 48.0 Å². The lowest BCUT2D eigenvalue weighted by molar-refractivity contribution is 0.630. The molecule has 0 spiro atoms. The zero-order valence-electron chi connectivity index (χ0n) is 13.6. The van der Waals surface area contributed by atoms with Crippen LogP contribution in [-0.4, -0.2) is 17.1 Å². The Bertz CT molecular complexity index is 599. The number of aromatic nitrogens is 1. The lowest BCUT2D eigenvalue weighted by Gasteiger charge is -2.25. The van der Waals surface area contributed by atoms with Crippen LogP contribution in [0.5, 0.6) is 0 Å². The first-order chi connectivity index (χ1) is 9.89. The SMILES string of the molecule is CCN(c1cccc(C)c1)c1cccc(NC(C)(C)C)n1. The number of benzene rings is 1. The molecule has 0 amide bonds. The molecule has 0 bridgehead atoms. The van der Waals surface area contributed by atoms with Gasteiger partial charge in [-0.25, -0.2) is 4.98 Å². The second kappa shape index (κ2) is 6.17. The van der Waals surface area contributed by atoms with Gasteiger partial charge >= 0.3 is 0 Å². The molecule has 0 fully saturated rings. The van der Waals surface area contributed by atoms with Crippen LogP contribution in [-0.2, 0) is 0 Å². The third-order valence-corrected chi connectivity index (χ3v) is 3.14. The quantitative estimate of drug-likeness (QED) is 0.877. The molecule has 3 nitrogen and oxygen atoms in total. The normalized spacial score (nSPS) is 11.3. The minimum absolute atomic E-state index is 0.00596. The Balaban J connectivity index is 2.32. The molecule has 1 aromatic carbocycles. The lowest BCUT2D eigenvalue weighted by Crippen LogP contribution is -2.27. The second-order valence-corrected chi connectivity index (χ2v) is 6.34. The van der Waals surface area contributed by atoms with Crippen LogP contribution in [0.1, 0.15) is 33.3 Å². The number of anilines is 3. The number of rotatable bonds is 4. The van der Waals surface area contributed by atoms with Gasteiger partial charge in [0.15, 0.2) is 0 Å². The van der Waals surface area contributed by atoms with Crippen molar-refractivity contribution in [1.29, 1.82) is 0 Å². The number of hydrogen-bond acceptors (Lipinski definition) is 3. The van der Waals surface area contributed by atoms with E-state index in [0.717, 1.165) is 18.2 Å². The van der Waals surface area contributed by atoms with Gasteiger partial charge in [0.25, 0.3) is 0 Å². The average Bonchev–Trinajstić information content (AvgIpc) is 2.38. The summed E-state index contributed by atoms with van der Waals surface area (Å²) < 4.78 is 0. The summed E-state index contributed by atoms with van der Waals surface area (Å²) in [6.07, 6.45) is 0. The van der Waals surface area contributed by atoms with Gasteiger partial charge < -0.3 is 10.2 Å². The monoisotopic (exact) mass is 283 g/mol. The molecule has 1 N–H and O–H groups in total. The van der Waals surface area contributed by atoms with Crippen molar-refractivity contribution in [2.24, 2.45) is 0 Å². The van der Waals surface area contributed by atoms with Crippen LogP contribution in [0.2, 0.25) is 0 Å². The minimum Gasteiger partial charge on any atom is -0.365 e. The van der Waals surface area contributed by atoms with E-state index < -0.39 is 0 Å². The van der Waals surface area contributed by atoms with Crippen LogP contribution in [0.25, 0.3) is 0 Å². The van der Waals surface area contributed by atoms with E-state index >= 15 is 0 Å². The van der Waals surface area contributed by atoms with Crippen molar-refractivity contribution < 1.29 is 0 Å². The van der Waals surface area contributed by atoms with Gasteiger partial charge in [-0.15, -0.1) is 0 Å². The van der Waals surface area contributed by atoms with E-state index in [0.29, 0.717) is 0 Å². The molecule has 1 heterocycles. The molecule has 3 heteroatoms. The first-order valence-electron chi connectivity index (χ1n) is 7.48. The summed E-state index contributed by atoms with van der Waals surface area (Å²) in [6.45, 7) is 11.6. The number of hydrogen-bond donors (Lipinski definition) is 1. The Kier molecular flexibility index (Phi) is 4.51. The maximum atomic E-state index is 4.75. The van der Waals surface area contributed by atoms with Crippen molar-refractivity contribution >= 4 is 17.3 Å². The summed E-state index contributed by atoms with van der Waals surface area (Å²) in [4.78, 5) is 6.97. The first-order valence-corrected chi connectivity index (χ1v) is 7.48. The molecule has 0 aliphatic heterocycles. The number of pyridine rings is 1. The van der Waals surface area contributed by atoms with Crippen LogP contribution in [0.3, 0.4) is 0 Å². The topological polar surface area (TPSA) is 28.2 Å². The third-order valence-electron chi connectivity index (χ3n) is 3.14. The van der Waals surface area contributed by atoms with E-state index in [-0.39, 0.29) is 5.54 Å². The van der Waals surface area contributed by atoms with Gasteiger partial charge in [0.1, 0.15) is 11.6 Å². The maximum absolute atomic E-state index is 4.75. The fraction of sp³-hybridized carbons (Fsp3) is 0.389. The van der Waals surface area contributed by atoms with Crippen molar-refractivity contribution in [2.75, 3.05) is 16.8 Å². The Morgan fingerprint density at radius 2 is 1.81 bits per heavy atom. The predicted molar refractivity (Wildman–Crippen MR) is 91.5 cm³/mol. The molecule has 0 aliphatic carbocycles. The predicted octanol–water partition coefficient (Wildman–Crippen LogP) is 4.76. The van der Waals surface area contributed by atoms with E-state index in [1.807, 2.05) is 6.07 Å². The number of aryl methyl sites for hydroxylation is 1. The van der Waals surface area contributed by atoms with Crippen molar-refractivity contribution in [1.82, 2.24) is 4.98 Å². The second-order valence-electron chi connectivity index (χ2n) is 6.34. The molecule has 0 radical (unpaired) electrons. The molecule has 0 saturated carbocycles.